The molecule has 126 valence electrons. The number of hydrogen-bond donors (Lipinski definition) is 2. The Morgan fingerprint density at radius 3 is 2.58 bits per heavy atom. The van der Waals surface area contributed by atoms with Crippen LogP contribution in [0.1, 0.15) is 39.4 Å². The lowest BCUT2D eigenvalue weighted by atomic mass is 10.1. The van der Waals surface area contributed by atoms with Crippen molar-refractivity contribution in [3.63, 3.8) is 0 Å². The molecule has 2 N–H and O–H groups in total. The Kier molecular flexibility index (Phi) is 5.15. The van der Waals surface area contributed by atoms with E-state index < -0.39 is 6.09 Å². The van der Waals surface area contributed by atoms with Crippen LogP contribution in [0, 0.1) is 0 Å². The normalized spacial score (nSPS) is 13.5. The van der Waals surface area contributed by atoms with Crippen molar-refractivity contribution in [2.45, 2.75) is 32.1 Å². The van der Waals surface area contributed by atoms with Crippen molar-refractivity contribution in [2.75, 3.05) is 17.7 Å². The van der Waals surface area contributed by atoms with Crippen LogP contribution in [0.25, 0.3) is 0 Å². The van der Waals surface area contributed by atoms with Crippen molar-refractivity contribution >= 4 is 34.7 Å². The van der Waals surface area contributed by atoms with Gasteiger partial charge < -0.3 is 10.1 Å². The highest BCUT2D eigenvalue weighted by Gasteiger charge is 2.16. The smallest absolute Gasteiger partial charge is 0.411 e. The molecule has 1 aliphatic rings. The highest BCUT2D eigenvalue weighted by molar-refractivity contribution is 7.14. The zero-order valence-corrected chi connectivity index (χ0v) is 14.4. The molecule has 0 saturated heterocycles. The summed E-state index contributed by atoms with van der Waals surface area (Å²) in [7, 11) is 1.31. The maximum atomic E-state index is 12.5. The van der Waals surface area contributed by atoms with Gasteiger partial charge in [0.2, 0.25) is 0 Å². The second kappa shape index (κ2) is 7.49. The van der Waals surface area contributed by atoms with E-state index in [1.165, 1.54) is 36.8 Å². The van der Waals surface area contributed by atoms with E-state index in [0.29, 0.717) is 11.4 Å². The lowest BCUT2D eigenvalue weighted by Crippen LogP contribution is -2.13. The number of nitrogens with one attached hydrogen (secondary N) is 2. The number of carbonyl (C=O) groups is 2. The third-order valence-electron chi connectivity index (χ3n) is 4.02. The second-order valence-corrected chi connectivity index (χ2v) is 6.91. The number of ether oxygens (including phenoxy) is 1. The van der Waals surface area contributed by atoms with Crippen LogP contribution >= 0.6 is 11.3 Å². The van der Waals surface area contributed by atoms with Crippen molar-refractivity contribution in [1.29, 1.82) is 0 Å². The Balaban J connectivity index is 1.71. The maximum absolute atomic E-state index is 12.5. The predicted octanol–water partition coefficient (Wildman–Crippen LogP) is 4.45. The van der Waals surface area contributed by atoms with Gasteiger partial charge in [0.05, 0.1) is 12.0 Å². The van der Waals surface area contributed by atoms with Gasteiger partial charge in [0.15, 0.2) is 0 Å². The first-order chi connectivity index (χ1) is 11.7. The van der Waals surface area contributed by atoms with Gasteiger partial charge in [0.25, 0.3) is 5.91 Å². The molecule has 3 rings (SSSR count). The molecule has 1 aromatic heterocycles. The molecule has 2 amide bonds. The summed E-state index contributed by atoms with van der Waals surface area (Å²) in [4.78, 5) is 25.8. The third-order valence-corrected chi connectivity index (χ3v) is 5.26. The van der Waals surface area contributed by atoms with Crippen LogP contribution in [0.2, 0.25) is 0 Å². The monoisotopic (exact) mass is 344 g/mol. The summed E-state index contributed by atoms with van der Waals surface area (Å²) in [6.07, 6.45) is 5.27. The van der Waals surface area contributed by atoms with E-state index in [-0.39, 0.29) is 5.91 Å². The van der Waals surface area contributed by atoms with Crippen molar-refractivity contribution in [3.8, 4) is 0 Å². The largest absolute Gasteiger partial charge is 0.453 e. The van der Waals surface area contributed by atoms with Crippen molar-refractivity contribution < 1.29 is 14.3 Å². The first kappa shape index (κ1) is 16.5. The van der Waals surface area contributed by atoms with Gasteiger partial charge in [0, 0.05) is 16.3 Å². The number of anilines is 2. The quantitative estimate of drug-likeness (QED) is 0.809. The molecule has 0 bridgehead atoms. The minimum absolute atomic E-state index is 0.108. The number of rotatable bonds is 3. The van der Waals surface area contributed by atoms with Gasteiger partial charge in [-0.3, -0.25) is 10.1 Å². The number of methoxy groups -OCH3 is 1. The summed E-state index contributed by atoms with van der Waals surface area (Å²) in [5, 5.41) is 5.48. The van der Waals surface area contributed by atoms with Gasteiger partial charge in [-0.25, -0.2) is 4.79 Å². The molecule has 1 heterocycles. The van der Waals surface area contributed by atoms with E-state index >= 15 is 0 Å². The fraction of sp³-hybridized carbons (Fsp3) is 0.333. The van der Waals surface area contributed by atoms with Crippen molar-refractivity contribution in [1.82, 2.24) is 0 Å². The zero-order valence-electron chi connectivity index (χ0n) is 13.6. The molecule has 0 spiro atoms. The summed E-state index contributed by atoms with van der Waals surface area (Å²) in [6, 6.07) is 9.02. The number of carbonyl (C=O) groups excluding carboxylic acids is 2. The van der Waals surface area contributed by atoms with E-state index in [1.54, 1.807) is 35.6 Å². The maximum Gasteiger partial charge on any atom is 0.411 e. The molecule has 6 heteroatoms. The topological polar surface area (TPSA) is 67.4 Å². The van der Waals surface area contributed by atoms with E-state index in [1.807, 2.05) is 6.07 Å². The highest BCUT2D eigenvalue weighted by atomic mass is 32.1. The summed E-state index contributed by atoms with van der Waals surface area (Å²) < 4.78 is 4.57. The molecule has 0 atom stereocenters. The Morgan fingerprint density at radius 1 is 1.04 bits per heavy atom. The van der Waals surface area contributed by atoms with Crippen LogP contribution in [-0.4, -0.2) is 19.1 Å². The Bertz CT molecular complexity index is 731. The summed E-state index contributed by atoms with van der Waals surface area (Å²) in [6.45, 7) is 0. The third kappa shape index (κ3) is 3.94. The molecule has 1 aliphatic carbocycles. The molecule has 0 unspecified atom stereocenters. The second-order valence-electron chi connectivity index (χ2n) is 5.77. The first-order valence-electron chi connectivity index (χ1n) is 8.03. The Labute approximate surface area is 145 Å². The highest BCUT2D eigenvalue weighted by Crippen LogP contribution is 2.29. The number of aryl methyl sites for hydroxylation is 2. The lowest BCUT2D eigenvalue weighted by Gasteiger charge is -2.07. The molecular weight excluding hydrogens is 324 g/mol. The number of thiophene rings is 1. The molecule has 24 heavy (non-hydrogen) atoms. The minimum atomic E-state index is -0.541. The van der Waals surface area contributed by atoms with Gasteiger partial charge in [-0.1, -0.05) is 12.5 Å². The molecular formula is C18H20N2O3S. The number of benzene rings is 1. The van der Waals surface area contributed by atoms with E-state index in [0.717, 1.165) is 17.7 Å². The zero-order chi connectivity index (χ0) is 16.9. The standard InChI is InChI=1S/C18H20N2O3S/c1-23-18(22)20-14-8-5-7-13(11-14)19-17(21)16-10-12-6-3-2-4-9-15(12)24-16/h5,7-8,10-11H,2-4,6,9H2,1H3,(H,19,21)(H,20,22). The van der Waals surface area contributed by atoms with Crippen LogP contribution < -0.4 is 10.6 Å². The van der Waals surface area contributed by atoms with Crippen LogP contribution in [0.15, 0.2) is 30.3 Å². The van der Waals surface area contributed by atoms with Gasteiger partial charge in [-0.15, -0.1) is 11.3 Å². The van der Waals surface area contributed by atoms with E-state index in [4.69, 9.17) is 0 Å². The van der Waals surface area contributed by atoms with Gasteiger partial charge in [0.1, 0.15) is 0 Å². The van der Waals surface area contributed by atoms with E-state index in [9.17, 15) is 9.59 Å². The van der Waals surface area contributed by atoms with Crippen LogP contribution in [0.4, 0.5) is 16.2 Å². The average Bonchev–Trinajstić information content (AvgIpc) is 2.86. The predicted molar refractivity (Wildman–Crippen MR) is 96.0 cm³/mol. The minimum Gasteiger partial charge on any atom is -0.453 e. The number of hydrogen-bond acceptors (Lipinski definition) is 4. The Morgan fingerprint density at radius 2 is 1.79 bits per heavy atom. The average molecular weight is 344 g/mol. The number of amides is 2. The summed E-state index contributed by atoms with van der Waals surface area (Å²) in [5.41, 5.74) is 2.53. The molecule has 0 aliphatic heterocycles. The molecule has 1 aromatic carbocycles. The van der Waals surface area contributed by atoms with Crippen molar-refractivity contribution in [3.05, 3.63) is 45.6 Å². The molecule has 0 radical (unpaired) electrons. The summed E-state index contributed by atoms with van der Waals surface area (Å²) in [5.74, 6) is -0.108. The first-order valence-corrected chi connectivity index (χ1v) is 8.85. The molecule has 0 fully saturated rings. The van der Waals surface area contributed by atoms with Crippen LogP contribution in [-0.2, 0) is 17.6 Å². The van der Waals surface area contributed by atoms with Crippen LogP contribution in [0.3, 0.4) is 0 Å². The lowest BCUT2D eigenvalue weighted by molar-refractivity contribution is 0.103. The van der Waals surface area contributed by atoms with Gasteiger partial charge in [-0.2, -0.15) is 0 Å². The molecule has 0 saturated carbocycles. The molecule has 2 aromatic rings. The van der Waals surface area contributed by atoms with Gasteiger partial charge in [-0.05, 0) is 55.5 Å². The summed E-state index contributed by atoms with van der Waals surface area (Å²) >= 11 is 1.59. The fourth-order valence-electron chi connectivity index (χ4n) is 2.82. The Hall–Kier alpha value is -2.34. The van der Waals surface area contributed by atoms with E-state index in [2.05, 4.69) is 15.4 Å². The van der Waals surface area contributed by atoms with Gasteiger partial charge >= 0.3 is 6.09 Å². The fourth-order valence-corrected chi connectivity index (χ4v) is 3.96. The van der Waals surface area contributed by atoms with Crippen LogP contribution in [0.5, 0.6) is 0 Å². The molecule has 5 nitrogen and oxygen atoms in total. The SMILES string of the molecule is COC(=O)Nc1cccc(NC(=O)c2cc3c(s2)CCCCC3)c1. The number of fused-ring (bicyclic) bond motifs is 1. The van der Waals surface area contributed by atoms with Crippen molar-refractivity contribution in [2.24, 2.45) is 0 Å².